The van der Waals surface area contributed by atoms with Crippen LogP contribution in [-0.4, -0.2) is 37.3 Å². The minimum atomic E-state index is -0.215. The predicted molar refractivity (Wildman–Crippen MR) is 132 cm³/mol. The second-order valence-electron chi connectivity index (χ2n) is 7.71. The van der Waals surface area contributed by atoms with Crippen molar-refractivity contribution in [1.82, 2.24) is 25.1 Å². The molecule has 2 N–H and O–H groups in total. The second-order valence-corrected chi connectivity index (χ2v) is 8.65. The Morgan fingerprint density at radius 1 is 1.00 bits per heavy atom. The molecular formula is C25H24N6O2S. The van der Waals surface area contributed by atoms with Crippen LogP contribution in [0.1, 0.15) is 27.0 Å². The number of pyridine rings is 1. The maximum atomic E-state index is 12.4. The molecule has 34 heavy (non-hydrogen) atoms. The molecule has 0 aliphatic rings. The van der Waals surface area contributed by atoms with Gasteiger partial charge in [0.05, 0.1) is 5.75 Å². The van der Waals surface area contributed by atoms with Gasteiger partial charge in [-0.1, -0.05) is 30.0 Å². The summed E-state index contributed by atoms with van der Waals surface area (Å²) in [6.45, 7) is 4.47. The van der Waals surface area contributed by atoms with E-state index in [0.29, 0.717) is 23.0 Å². The number of carbonyl (C=O) groups excluding carboxylic acids is 2. The Hall–Kier alpha value is -3.98. The first-order valence-corrected chi connectivity index (χ1v) is 11.7. The third-order valence-corrected chi connectivity index (χ3v) is 6.18. The van der Waals surface area contributed by atoms with Crippen molar-refractivity contribution < 1.29 is 9.59 Å². The van der Waals surface area contributed by atoms with Crippen LogP contribution in [0.2, 0.25) is 0 Å². The first-order chi connectivity index (χ1) is 16.5. The molecule has 2 heterocycles. The van der Waals surface area contributed by atoms with Gasteiger partial charge in [0.15, 0.2) is 5.16 Å². The van der Waals surface area contributed by atoms with Crippen LogP contribution in [0.4, 0.5) is 5.69 Å². The van der Waals surface area contributed by atoms with Crippen LogP contribution in [0.3, 0.4) is 0 Å². The van der Waals surface area contributed by atoms with Crippen LogP contribution in [0.15, 0.2) is 78.5 Å². The fraction of sp³-hybridized carbons (Fsp3) is 0.160. The largest absolute Gasteiger partial charge is 0.351 e. The monoisotopic (exact) mass is 472 g/mol. The van der Waals surface area contributed by atoms with Gasteiger partial charge in [-0.25, -0.2) is 0 Å². The number of nitrogens with zero attached hydrogens (tertiary/aromatic N) is 4. The van der Waals surface area contributed by atoms with Gasteiger partial charge in [-0.05, 0) is 66.9 Å². The molecule has 0 radical (unpaired) electrons. The number of thioether (sulfide) groups is 1. The predicted octanol–water partition coefficient (Wildman–Crippen LogP) is 3.94. The lowest BCUT2D eigenvalue weighted by atomic mass is 10.1. The van der Waals surface area contributed by atoms with E-state index in [0.717, 1.165) is 11.3 Å². The molecule has 0 aliphatic carbocycles. The van der Waals surface area contributed by atoms with Gasteiger partial charge in [-0.3, -0.25) is 19.1 Å². The molecule has 4 rings (SSSR count). The Balaban J connectivity index is 1.30. The molecule has 2 aromatic heterocycles. The van der Waals surface area contributed by atoms with Crippen LogP contribution in [0.5, 0.6) is 0 Å². The summed E-state index contributed by atoms with van der Waals surface area (Å²) in [7, 11) is 0. The van der Waals surface area contributed by atoms with Crippen molar-refractivity contribution in [1.29, 1.82) is 0 Å². The molecule has 9 heteroatoms. The summed E-state index contributed by atoms with van der Waals surface area (Å²) in [6, 6.07) is 16.8. The van der Waals surface area contributed by atoms with Crippen LogP contribution in [0.25, 0.3) is 5.69 Å². The van der Waals surface area contributed by atoms with Crippen LogP contribution < -0.4 is 10.6 Å². The molecule has 8 nitrogen and oxygen atoms in total. The lowest BCUT2D eigenvalue weighted by Gasteiger charge is -2.10. The van der Waals surface area contributed by atoms with Crippen LogP contribution in [-0.2, 0) is 11.3 Å². The highest BCUT2D eigenvalue weighted by Gasteiger charge is 2.11. The van der Waals surface area contributed by atoms with Crippen molar-refractivity contribution >= 4 is 29.3 Å². The van der Waals surface area contributed by atoms with E-state index >= 15 is 0 Å². The maximum absolute atomic E-state index is 12.4. The van der Waals surface area contributed by atoms with Gasteiger partial charge in [-0.2, -0.15) is 0 Å². The Bertz CT molecular complexity index is 1310. The van der Waals surface area contributed by atoms with Crippen molar-refractivity contribution in [3.05, 3.63) is 95.6 Å². The highest BCUT2D eigenvalue weighted by Crippen LogP contribution is 2.21. The first kappa shape index (κ1) is 23.2. The van der Waals surface area contributed by atoms with E-state index < -0.39 is 0 Å². The van der Waals surface area contributed by atoms with Crippen molar-refractivity contribution in [2.45, 2.75) is 25.5 Å². The van der Waals surface area contributed by atoms with E-state index in [2.05, 4.69) is 51.8 Å². The Kier molecular flexibility index (Phi) is 7.34. The van der Waals surface area contributed by atoms with Crippen LogP contribution >= 0.6 is 11.8 Å². The van der Waals surface area contributed by atoms with E-state index in [4.69, 9.17) is 0 Å². The van der Waals surface area contributed by atoms with Crippen LogP contribution in [0, 0.1) is 13.8 Å². The van der Waals surface area contributed by atoms with E-state index in [9.17, 15) is 9.59 Å². The Labute approximate surface area is 201 Å². The summed E-state index contributed by atoms with van der Waals surface area (Å²) in [5.41, 5.74) is 5.42. The molecule has 2 aromatic carbocycles. The lowest BCUT2D eigenvalue weighted by Crippen LogP contribution is -2.24. The normalized spacial score (nSPS) is 10.6. The van der Waals surface area contributed by atoms with Crippen molar-refractivity contribution in [2.24, 2.45) is 0 Å². The highest BCUT2D eigenvalue weighted by molar-refractivity contribution is 7.99. The first-order valence-electron chi connectivity index (χ1n) is 10.7. The topological polar surface area (TPSA) is 102 Å². The maximum Gasteiger partial charge on any atom is 0.255 e. The van der Waals surface area contributed by atoms with Gasteiger partial charge >= 0.3 is 0 Å². The van der Waals surface area contributed by atoms with Gasteiger partial charge < -0.3 is 10.6 Å². The van der Waals surface area contributed by atoms with Crippen molar-refractivity contribution in [3.8, 4) is 5.69 Å². The zero-order valence-electron chi connectivity index (χ0n) is 18.9. The molecule has 0 saturated carbocycles. The lowest BCUT2D eigenvalue weighted by molar-refractivity contribution is -0.118. The summed E-state index contributed by atoms with van der Waals surface area (Å²) in [5, 5.41) is 14.6. The second kappa shape index (κ2) is 10.8. The fourth-order valence-corrected chi connectivity index (χ4v) is 3.98. The number of anilines is 1. The number of amides is 2. The fourth-order valence-electron chi connectivity index (χ4n) is 3.22. The molecule has 0 bridgehead atoms. The summed E-state index contributed by atoms with van der Waals surface area (Å²) < 4.78 is 1.87. The third-order valence-electron chi connectivity index (χ3n) is 5.23. The number of carbonyl (C=O) groups is 2. The molecule has 2 amide bonds. The standard InChI is InChI=1S/C25H24N6O2S/c1-17-6-7-22(12-18(17)2)31-16-28-30-25(31)34-15-23(32)27-14-19-4-3-5-21(13-19)29-24(33)20-8-10-26-11-9-20/h3-13,16H,14-15H2,1-2H3,(H,27,32)(H,29,33). The van der Waals surface area contributed by atoms with E-state index in [-0.39, 0.29) is 17.6 Å². The molecule has 0 aliphatic heterocycles. The van der Waals surface area contributed by atoms with Gasteiger partial charge in [0.25, 0.3) is 5.91 Å². The molecular weight excluding hydrogens is 448 g/mol. The number of benzene rings is 2. The third kappa shape index (κ3) is 5.87. The Morgan fingerprint density at radius 2 is 1.82 bits per heavy atom. The molecule has 172 valence electrons. The summed E-state index contributed by atoms with van der Waals surface area (Å²) in [4.78, 5) is 28.7. The molecule has 4 aromatic rings. The van der Waals surface area contributed by atoms with Gasteiger partial charge in [0.1, 0.15) is 6.33 Å². The number of hydrogen-bond donors (Lipinski definition) is 2. The average molecular weight is 473 g/mol. The summed E-state index contributed by atoms with van der Waals surface area (Å²) in [5.74, 6) is -0.124. The Morgan fingerprint density at radius 3 is 2.62 bits per heavy atom. The van der Waals surface area contributed by atoms with Gasteiger partial charge in [-0.15, -0.1) is 10.2 Å². The highest BCUT2D eigenvalue weighted by atomic mass is 32.2. The summed E-state index contributed by atoms with van der Waals surface area (Å²) >= 11 is 1.33. The molecule has 0 unspecified atom stereocenters. The number of aromatic nitrogens is 4. The number of aryl methyl sites for hydroxylation is 2. The zero-order chi connectivity index (χ0) is 23.9. The molecule has 0 fully saturated rings. The number of rotatable bonds is 8. The zero-order valence-corrected chi connectivity index (χ0v) is 19.7. The number of hydrogen-bond acceptors (Lipinski definition) is 6. The molecule has 0 spiro atoms. The van der Waals surface area contributed by atoms with E-state index in [1.54, 1.807) is 36.9 Å². The minimum absolute atomic E-state index is 0.120. The molecule has 0 saturated heterocycles. The van der Waals surface area contributed by atoms with E-state index in [1.165, 1.54) is 22.9 Å². The number of nitrogens with one attached hydrogen (secondary N) is 2. The van der Waals surface area contributed by atoms with Gasteiger partial charge in [0, 0.05) is 35.9 Å². The van der Waals surface area contributed by atoms with Gasteiger partial charge in [0.2, 0.25) is 5.91 Å². The average Bonchev–Trinajstić information content (AvgIpc) is 3.32. The minimum Gasteiger partial charge on any atom is -0.351 e. The summed E-state index contributed by atoms with van der Waals surface area (Å²) in [6.07, 6.45) is 4.79. The smallest absolute Gasteiger partial charge is 0.255 e. The molecule has 0 atom stereocenters. The quantitative estimate of drug-likeness (QED) is 0.377. The van der Waals surface area contributed by atoms with Crippen molar-refractivity contribution in [2.75, 3.05) is 11.1 Å². The van der Waals surface area contributed by atoms with E-state index in [1.807, 2.05) is 28.8 Å². The SMILES string of the molecule is Cc1ccc(-n2cnnc2SCC(=O)NCc2cccc(NC(=O)c3ccncc3)c2)cc1C. The van der Waals surface area contributed by atoms with Crippen molar-refractivity contribution in [3.63, 3.8) is 0 Å².